The molecule has 0 aliphatic carbocycles. The maximum absolute atomic E-state index is 13.1. The van der Waals surface area contributed by atoms with Crippen molar-refractivity contribution in [2.75, 3.05) is 4.72 Å². The fraction of sp³-hybridized carbons (Fsp3) is 0.143. The van der Waals surface area contributed by atoms with Gasteiger partial charge >= 0.3 is 0 Å². The summed E-state index contributed by atoms with van der Waals surface area (Å²) in [4.78, 5) is 0.0331. The molecule has 9 heteroatoms. The third-order valence-electron chi connectivity index (χ3n) is 3.30. The Morgan fingerprint density at radius 1 is 1.26 bits per heavy atom. The molecule has 7 nitrogen and oxygen atoms in total. The zero-order valence-electron chi connectivity index (χ0n) is 12.4. The minimum absolute atomic E-state index is 0.0331. The van der Waals surface area contributed by atoms with Crippen molar-refractivity contribution in [1.82, 2.24) is 20.0 Å². The summed E-state index contributed by atoms with van der Waals surface area (Å²) in [5.41, 5.74) is 1.89. The second kappa shape index (κ2) is 5.51. The molecule has 0 atom stereocenters. The van der Waals surface area contributed by atoms with Crippen molar-refractivity contribution in [3.8, 4) is 11.1 Å². The molecule has 0 amide bonds. The third-order valence-corrected chi connectivity index (χ3v) is 4.60. The molecule has 0 radical (unpaired) electrons. The van der Waals surface area contributed by atoms with Crippen LogP contribution in [0, 0.1) is 12.7 Å². The monoisotopic (exact) mass is 335 g/mol. The number of nitrogens with zero attached hydrogens (tertiary/aromatic N) is 3. The van der Waals surface area contributed by atoms with Crippen LogP contribution in [0.15, 0.2) is 41.6 Å². The average Bonchev–Trinajstić information content (AvgIpc) is 3.07. The highest BCUT2D eigenvalue weighted by atomic mass is 32.2. The minimum atomic E-state index is -3.81. The first-order valence-corrected chi connectivity index (χ1v) is 8.17. The zero-order valence-corrected chi connectivity index (χ0v) is 13.2. The van der Waals surface area contributed by atoms with Crippen LogP contribution in [0.3, 0.4) is 0 Å². The molecule has 2 heterocycles. The Morgan fingerprint density at radius 3 is 2.57 bits per heavy atom. The van der Waals surface area contributed by atoms with Crippen molar-refractivity contribution < 1.29 is 12.8 Å². The second-order valence-electron chi connectivity index (χ2n) is 5.03. The van der Waals surface area contributed by atoms with Gasteiger partial charge in [0.15, 0.2) is 5.82 Å². The molecule has 2 N–H and O–H groups in total. The van der Waals surface area contributed by atoms with Crippen molar-refractivity contribution in [3.05, 3.63) is 48.2 Å². The molecule has 3 aromatic rings. The molecular weight excluding hydrogens is 321 g/mol. The summed E-state index contributed by atoms with van der Waals surface area (Å²) in [7, 11) is -2.18. The standard InChI is InChI=1S/C14H14FN5O2S/c1-9-13(10-3-5-11(15)6-4-10)14(18-17-9)19-23(21,22)12-7-16-20(2)8-12/h3-8H,1-2H3,(H2,17,18,19). The number of hydrogen-bond donors (Lipinski definition) is 2. The lowest BCUT2D eigenvalue weighted by Gasteiger charge is -2.07. The van der Waals surface area contributed by atoms with Gasteiger partial charge in [-0.15, -0.1) is 0 Å². The summed E-state index contributed by atoms with van der Waals surface area (Å²) in [6, 6.07) is 5.74. The first kappa shape index (κ1) is 15.2. The van der Waals surface area contributed by atoms with Crippen LogP contribution < -0.4 is 4.72 Å². The maximum Gasteiger partial charge on any atom is 0.266 e. The number of rotatable bonds is 4. The largest absolute Gasteiger partial charge is 0.280 e. The maximum atomic E-state index is 13.1. The van der Waals surface area contributed by atoms with E-state index in [1.165, 1.54) is 29.2 Å². The topological polar surface area (TPSA) is 92.7 Å². The van der Waals surface area contributed by atoms with Gasteiger partial charge in [-0.25, -0.2) is 12.8 Å². The summed E-state index contributed by atoms with van der Waals surface area (Å²) in [6.45, 7) is 1.76. The van der Waals surface area contributed by atoms with E-state index in [1.807, 2.05) is 0 Å². The predicted octanol–water partition coefficient (Wildman–Crippen LogP) is 2.06. The van der Waals surface area contributed by atoms with E-state index in [9.17, 15) is 12.8 Å². The predicted molar refractivity (Wildman–Crippen MR) is 82.7 cm³/mol. The summed E-state index contributed by atoms with van der Waals surface area (Å²) >= 11 is 0. The van der Waals surface area contributed by atoms with Gasteiger partial charge in [-0.05, 0) is 24.6 Å². The molecule has 3 rings (SSSR count). The summed E-state index contributed by atoms with van der Waals surface area (Å²) in [5.74, 6) is -0.217. The van der Waals surface area contributed by atoms with Crippen LogP contribution in [0.25, 0.3) is 11.1 Å². The van der Waals surface area contributed by atoms with Crippen LogP contribution in [0.1, 0.15) is 5.69 Å². The Hall–Kier alpha value is -2.68. The number of aromatic amines is 1. The normalized spacial score (nSPS) is 11.6. The molecule has 0 aliphatic heterocycles. The minimum Gasteiger partial charge on any atom is -0.280 e. The van der Waals surface area contributed by atoms with E-state index in [0.717, 1.165) is 0 Å². The summed E-state index contributed by atoms with van der Waals surface area (Å²) < 4.78 is 41.7. The molecule has 0 spiro atoms. The van der Waals surface area contributed by atoms with Crippen LogP contribution in [-0.2, 0) is 17.1 Å². The molecule has 0 unspecified atom stereocenters. The van der Waals surface area contributed by atoms with Crippen molar-refractivity contribution in [2.45, 2.75) is 11.8 Å². The van der Waals surface area contributed by atoms with E-state index in [2.05, 4.69) is 20.0 Å². The smallest absolute Gasteiger partial charge is 0.266 e. The SMILES string of the molecule is Cc1[nH]nc(NS(=O)(=O)c2cnn(C)c2)c1-c1ccc(F)cc1. The number of sulfonamides is 1. The van der Waals surface area contributed by atoms with E-state index >= 15 is 0 Å². The van der Waals surface area contributed by atoms with E-state index in [-0.39, 0.29) is 16.5 Å². The van der Waals surface area contributed by atoms with E-state index in [1.54, 1.807) is 26.1 Å². The average molecular weight is 335 g/mol. The lowest BCUT2D eigenvalue weighted by molar-refractivity contribution is 0.601. The van der Waals surface area contributed by atoms with Gasteiger partial charge in [0.05, 0.1) is 6.20 Å². The molecule has 0 saturated carbocycles. The lowest BCUT2D eigenvalue weighted by Crippen LogP contribution is -2.13. The summed E-state index contributed by atoms with van der Waals surface area (Å²) in [5, 5.41) is 10.6. The zero-order chi connectivity index (χ0) is 16.6. The Labute approximate surface area is 132 Å². The summed E-state index contributed by atoms with van der Waals surface area (Å²) in [6.07, 6.45) is 2.64. The molecule has 0 bridgehead atoms. The molecule has 0 fully saturated rings. The molecule has 2 aromatic heterocycles. The third kappa shape index (κ3) is 2.95. The van der Waals surface area contributed by atoms with Gasteiger partial charge in [-0.2, -0.15) is 10.2 Å². The molecule has 0 saturated heterocycles. The number of nitrogens with one attached hydrogen (secondary N) is 2. The molecule has 23 heavy (non-hydrogen) atoms. The van der Waals surface area contributed by atoms with E-state index in [0.29, 0.717) is 16.8 Å². The van der Waals surface area contributed by atoms with Gasteiger partial charge in [0.2, 0.25) is 0 Å². The Kier molecular flexibility index (Phi) is 3.64. The number of benzene rings is 1. The molecular formula is C14H14FN5O2S. The Morgan fingerprint density at radius 2 is 1.96 bits per heavy atom. The highest BCUT2D eigenvalue weighted by Crippen LogP contribution is 2.30. The lowest BCUT2D eigenvalue weighted by atomic mass is 10.1. The van der Waals surface area contributed by atoms with Gasteiger partial charge in [0.1, 0.15) is 10.7 Å². The van der Waals surface area contributed by atoms with Crippen LogP contribution >= 0.6 is 0 Å². The van der Waals surface area contributed by atoms with Crippen LogP contribution in [-0.4, -0.2) is 28.4 Å². The fourth-order valence-corrected chi connectivity index (χ4v) is 3.19. The Bertz CT molecular complexity index is 944. The number of aromatic nitrogens is 4. The fourth-order valence-electron chi connectivity index (χ4n) is 2.20. The molecule has 120 valence electrons. The van der Waals surface area contributed by atoms with Crippen molar-refractivity contribution >= 4 is 15.8 Å². The first-order chi connectivity index (χ1) is 10.9. The van der Waals surface area contributed by atoms with E-state index < -0.39 is 10.0 Å². The van der Waals surface area contributed by atoms with Crippen LogP contribution in [0.5, 0.6) is 0 Å². The number of H-pyrrole nitrogens is 1. The molecule has 1 aromatic carbocycles. The van der Waals surface area contributed by atoms with Gasteiger partial charge in [0, 0.05) is 24.5 Å². The number of anilines is 1. The number of hydrogen-bond acceptors (Lipinski definition) is 4. The van der Waals surface area contributed by atoms with Gasteiger partial charge in [-0.1, -0.05) is 12.1 Å². The Balaban J connectivity index is 2.00. The number of halogens is 1. The van der Waals surface area contributed by atoms with Gasteiger partial charge < -0.3 is 0 Å². The van der Waals surface area contributed by atoms with Gasteiger partial charge in [0.25, 0.3) is 10.0 Å². The highest BCUT2D eigenvalue weighted by molar-refractivity contribution is 7.92. The van der Waals surface area contributed by atoms with Crippen LogP contribution in [0.4, 0.5) is 10.2 Å². The van der Waals surface area contributed by atoms with Gasteiger partial charge in [-0.3, -0.25) is 14.5 Å². The first-order valence-electron chi connectivity index (χ1n) is 6.69. The number of aryl methyl sites for hydroxylation is 2. The van der Waals surface area contributed by atoms with Crippen molar-refractivity contribution in [1.29, 1.82) is 0 Å². The highest BCUT2D eigenvalue weighted by Gasteiger charge is 2.21. The second-order valence-corrected chi connectivity index (χ2v) is 6.72. The van der Waals surface area contributed by atoms with Crippen molar-refractivity contribution in [3.63, 3.8) is 0 Å². The van der Waals surface area contributed by atoms with Crippen molar-refractivity contribution in [2.24, 2.45) is 7.05 Å². The molecule has 0 aliphatic rings. The van der Waals surface area contributed by atoms with Crippen LogP contribution in [0.2, 0.25) is 0 Å². The quantitative estimate of drug-likeness (QED) is 0.763. The van der Waals surface area contributed by atoms with E-state index in [4.69, 9.17) is 0 Å².